The van der Waals surface area contributed by atoms with Crippen LogP contribution in [0.4, 0.5) is 5.88 Å². The summed E-state index contributed by atoms with van der Waals surface area (Å²) in [5.41, 5.74) is 0. The molecule has 1 aromatic heterocycles. The Morgan fingerprint density at radius 1 is 1.73 bits per heavy atom. The van der Waals surface area contributed by atoms with Gasteiger partial charge in [0.15, 0.2) is 5.76 Å². The van der Waals surface area contributed by atoms with Crippen LogP contribution < -0.4 is 0 Å². The molecule has 5 nitrogen and oxygen atoms in total. The minimum absolute atomic E-state index is 0.264. The maximum absolute atomic E-state index is 10.1. The first kappa shape index (κ1) is 7.46. The van der Waals surface area contributed by atoms with Crippen LogP contribution in [0.1, 0.15) is 5.76 Å². The molecule has 1 rings (SSSR count). The summed E-state index contributed by atoms with van der Waals surface area (Å²) in [5.74, 6) is 0.124. The first-order chi connectivity index (χ1) is 5.24. The summed E-state index contributed by atoms with van der Waals surface area (Å²) < 4.78 is 4.74. The molecule has 1 heterocycles. The summed E-state index contributed by atoms with van der Waals surface area (Å²) in [6.45, 7) is 0. The molecule has 0 aromatic carbocycles. The zero-order chi connectivity index (χ0) is 8.27. The monoisotopic (exact) mass is 154 g/mol. The van der Waals surface area contributed by atoms with Gasteiger partial charge >= 0.3 is 5.88 Å². The zero-order valence-corrected chi connectivity index (χ0v) is 5.85. The van der Waals surface area contributed by atoms with Crippen molar-refractivity contribution in [2.45, 2.75) is 0 Å². The standard InChI is InChI=1S/C6H6N2O3/c1-7-4-5-2-3-6(11-5)8(9)10/h2-4H,1H3/b7-4+. The molecule has 58 valence electrons. The van der Waals surface area contributed by atoms with Crippen molar-refractivity contribution in [3.05, 3.63) is 28.0 Å². The van der Waals surface area contributed by atoms with Gasteiger partial charge in [-0.15, -0.1) is 0 Å². The molecule has 0 saturated carbocycles. The Kier molecular flexibility index (Phi) is 2.00. The van der Waals surface area contributed by atoms with Gasteiger partial charge in [0.2, 0.25) is 0 Å². The minimum atomic E-state index is -0.590. The normalized spacial score (nSPS) is 10.6. The first-order valence-corrected chi connectivity index (χ1v) is 2.90. The van der Waals surface area contributed by atoms with E-state index in [9.17, 15) is 10.1 Å². The van der Waals surface area contributed by atoms with Crippen LogP contribution in [0.15, 0.2) is 21.5 Å². The van der Waals surface area contributed by atoms with E-state index >= 15 is 0 Å². The highest BCUT2D eigenvalue weighted by atomic mass is 16.6. The van der Waals surface area contributed by atoms with Crippen molar-refractivity contribution in [2.75, 3.05) is 7.05 Å². The Balaban J connectivity index is 2.90. The lowest BCUT2D eigenvalue weighted by molar-refractivity contribution is -0.402. The van der Waals surface area contributed by atoms with E-state index in [4.69, 9.17) is 4.42 Å². The van der Waals surface area contributed by atoms with Gasteiger partial charge in [0.1, 0.15) is 4.92 Å². The summed E-state index contributed by atoms with van der Waals surface area (Å²) in [5, 5.41) is 10.1. The van der Waals surface area contributed by atoms with Crippen molar-refractivity contribution in [3.63, 3.8) is 0 Å². The van der Waals surface area contributed by atoms with Crippen LogP contribution in [-0.2, 0) is 0 Å². The Morgan fingerprint density at radius 3 is 2.91 bits per heavy atom. The molecule has 0 aliphatic rings. The second-order valence-corrected chi connectivity index (χ2v) is 1.82. The van der Waals surface area contributed by atoms with Crippen molar-refractivity contribution in [2.24, 2.45) is 4.99 Å². The molecule has 0 aliphatic carbocycles. The van der Waals surface area contributed by atoms with Gasteiger partial charge in [-0.05, 0) is 6.07 Å². The van der Waals surface area contributed by atoms with Crippen molar-refractivity contribution in [1.82, 2.24) is 0 Å². The van der Waals surface area contributed by atoms with Gasteiger partial charge in [-0.3, -0.25) is 15.1 Å². The van der Waals surface area contributed by atoms with E-state index in [1.165, 1.54) is 18.3 Å². The van der Waals surface area contributed by atoms with Crippen molar-refractivity contribution in [1.29, 1.82) is 0 Å². The maximum atomic E-state index is 10.1. The summed E-state index contributed by atoms with van der Waals surface area (Å²) in [6, 6.07) is 2.78. The summed E-state index contributed by atoms with van der Waals surface area (Å²) in [4.78, 5) is 13.1. The number of aliphatic imine (C=N–C) groups is 1. The molecule has 0 atom stereocenters. The predicted molar refractivity (Wildman–Crippen MR) is 38.9 cm³/mol. The van der Waals surface area contributed by atoms with E-state index in [-0.39, 0.29) is 5.88 Å². The molecule has 0 fully saturated rings. The fraction of sp³-hybridized carbons (Fsp3) is 0.167. The molecule has 1 aromatic rings. The number of furan rings is 1. The maximum Gasteiger partial charge on any atom is 0.433 e. The second-order valence-electron chi connectivity index (χ2n) is 1.82. The first-order valence-electron chi connectivity index (χ1n) is 2.90. The lowest BCUT2D eigenvalue weighted by Crippen LogP contribution is -1.83. The lowest BCUT2D eigenvalue weighted by Gasteiger charge is -1.81. The predicted octanol–water partition coefficient (Wildman–Crippen LogP) is 1.24. The SMILES string of the molecule is C/N=C/c1ccc([N+](=O)[O-])o1. The Hall–Kier alpha value is -1.65. The van der Waals surface area contributed by atoms with Crippen LogP contribution in [-0.4, -0.2) is 18.2 Å². The molecular formula is C6H6N2O3. The smallest absolute Gasteiger partial charge is 0.400 e. The highest BCUT2D eigenvalue weighted by Gasteiger charge is 2.09. The van der Waals surface area contributed by atoms with E-state index in [1.807, 2.05) is 0 Å². The molecule has 0 unspecified atom stereocenters. The Bertz CT molecular complexity index is 290. The lowest BCUT2D eigenvalue weighted by atomic mass is 10.5. The molecule has 0 spiro atoms. The molecule has 0 bridgehead atoms. The van der Waals surface area contributed by atoms with Crippen LogP contribution in [0.25, 0.3) is 0 Å². The molecule has 5 heteroatoms. The van der Waals surface area contributed by atoms with Gasteiger partial charge < -0.3 is 4.42 Å². The third-order valence-electron chi connectivity index (χ3n) is 1.05. The molecule has 0 saturated heterocycles. The third kappa shape index (κ3) is 1.64. The van der Waals surface area contributed by atoms with E-state index in [0.29, 0.717) is 5.76 Å². The number of rotatable bonds is 2. The number of nitrogens with zero attached hydrogens (tertiary/aromatic N) is 2. The van der Waals surface area contributed by atoms with Crippen LogP contribution >= 0.6 is 0 Å². The quantitative estimate of drug-likeness (QED) is 0.365. The number of nitro groups is 1. The van der Waals surface area contributed by atoms with Crippen LogP contribution in [0.3, 0.4) is 0 Å². The average molecular weight is 154 g/mol. The number of hydrogen-bond acceptors (Lipinski definition) is 4. The van der Waals surface area contributed by atoms with Gasteiger partial charge in [0, 0.05) is 7.05 Å². The molecular weight excluding hydrogens is 148 g/mol. The third-order valence-corrected chi connectivity index (χ3v) is 1.05. The molecule has 0 N–H and O–H groups in total. The Morgan fingerprint density at radius 2 is 2.45 bits per heavy atom. The average Bonchev–Trinajstić information content (AvgIpc) is 2.37. The van der Waals surface area contributed by atoms with Gasteiger partial charge in [0.05, 0.1) is 12.3 Å². The van der Waals surface area contributed by atoms with E-state index < -0.39 is 4.92 Å². The van der Waals surface area contributed by atoms with E-state index in [0.717, 1.165) is 0 Å². The summed E-state index contributed by atoms with van der Waals surface area (Å²) >= 11 is 0. The molecule has 0 amide bonds. The largest absolute Gasteiger partial charge is 0.433 e. The topological polar surface area (TPSA) is 68.6 Å². The van der Waals surface area contributed by atoms with Gasteiger partial charge in [-0.2, -0.15) is 0 Å². The highest BCUT2D eigenvalue weighted by Crippen LogP contribution is 2.13. The van der Waals surface area contributed by atoms with Crippen LogP contribution in [0.5, 0.6) is 0 Å². The fourth-order valence-corrected chi connectivity index (χ4v) is 0.637. The second kappa shape index (κ2) is 2.96. The van der Waals surface area contributed by atoms with Crippen LogP contribution in [0, 0.1) is 10.1 Å². The van der Waals surface area contributed by atoms with Crippen LogP contribution in [0.2, 0.25) is 0 Å². The molecule has 0 radical (unpaired) electrons. The fourth-order valence-electron chi connectivity index (χ4n) is 0.637. The van der Waals surface area contributed by atoms with E-state index in [2.05, 4.69) is 4.99 Å². The van der Waals surface area contributed by atoms with Gasteiger partial charge in [-0.1, -0.05) is 0 Å². The van der Waals surface area contributed by atoms with E-state index in [1.54, 1.807) is 7.05 Å². The van der Waals surface area contributed by atoms with Gasteiger partial charge in [0.25, 0.3) is 0 Å². The van der Waals surface area contributed by atoms with Crippen molar-refractivity contribution >= 4 is 12.1 Å². The highest BCUT2D eigenvalue weighted by molar-refractivity contribution is 5.76. The van der Waals surface area contributed by atoms with Crippen molar-refractivity contribution < 1.29 is 9.34 Å². The Labute approximate surface area is 62.5 Å². The molecule has 11 heavy (non-hydrogen) atoms. The zero-order valence-electron chi connectivity index (χ0n) is 5.85. The van der Waals surface area contributed by atoms with Gasteiger partial charge in [-0.25, -0.2) is 0 Å². The summed E-state index contributed by atoms with van der Waals surface area (Å²) in [6.07, 6.45) is 1.41. The summed E-state index contributed by atoms with van der Waals surface area (Å²) in [7, 11) is 1.56. The minimum Gasteiger partial charge on any atom is -0.400 e. The number of hydrogen-bond donors (Lipinski definition) is 0. The molecule has 0 aliphatic heterocycles. The van der Waals surface area contributed by atoms with Crippen molar-refractivity contribution in [3.8, 4) is 0 Å².